The van der Waals surface area contributed by atoms with Crippen LogP contribution in [0.5, 0.6) is 0 Å². The number of hydrogen-bond acceptors (Lipinski definition) is 5. The van der Waals surface area contributed by atoms with Crippen LogP contribution in [0.15, 0.2) is 24.3 Å². The number of benzene rings is 1. The Morgan fingerprint density at radius 1 is 1.17 bits per heavy atom. The predicted octanol–water partition coefficient (Wildman–Crippen LogP) is 0.723. The van der Waals surface area contributed by atoms with Crippen molar-refractivity contribution >= 4 is 21.8 Å². The van der Waals surface area contributed by atoms with Gasteiger partial charge in [0.05, 0.1) is 29.6 Å². The summed E-state index contributed by atoms with van der Waals surface area (Å²) in [7, 11) is -3.41. The number of hydrogen-bond donors (Lipinski definition) is 0. The zero-order chi connectivity index (χ0) is 17.3. The van der Waals surface area contributed by atoms with Crippen molar-refractivity contribution in [1.29, 1.82) is 0 Å². The molecule has 1 aromatic carbocycles. The van der Waals surface area contributed by atoms with E-state index in [1.807, 2.05) is 6.92 Å². The SMILES string of the molecule is C[C@H]1CN(S(=O)(=O)CCCN2C(=O)c3ccccc3C2=O)CCO1. The number of amides is 2. The van der Waals surface area contributed by atoms with Gasteiger partial charge in [0.15, 0.2) is 0 Å². The summed E-state index contributed by atoms with van der Waals surface area (Å²) in [6.45, 7) is 3.01. The van der Waals surface area contributed by atoms with E-state index >= 15 is 0 Å². The summed E-state index contributed by atoms with van der Waals surface area (Å²) >= 11 is 0. The molecule has 2 amide bonds. The lowest BCUT2D eigenvalue weighted by Crippen LogP contribution is -2.45. The molecule has 1 saturated heterocycles. The summed E-state index contributed by atoms with van der Waals surface area (Å²) in [6, 6.07) is 6.64. The number of ether oxygens (including phenoxy) is 1. The Balaban J connectivity index is 1.59. The third kappa shape index (κ3) is 3.22. The zero-order valence-electron chi connectivity index (χ0n) is 13.5. The van der Waals surface area contributed by atoms with Gasteiger partial charge in [0, 0.05) is 19.6 Å². The highest BCUT2D eigenvalue weighted by Crippen LogP contribution is 2.22. The van der Waals surface area contributed by atoms with Crippen molar-refractivity contribution in [3.63, 3.8) is 0 Å². The van der Waals surface area contributed by atoms with Gasteiger partial charge in [0.2, 0.25) is 10.0 Å². The monoisotopic (exact) mass is 352 g/mol. The fourth-order valence-corrected chi connectivity index (χ4v) is 4.56. The van der Waals surface area contributed by atoms with E-state index in [1.165, 1.54) is 4.31 Å². The van der Waals surface area contributed by atoms with Gasteiger partial charge in [-0.05, 0) is 25.5 Å². The van der Waals surface area contributed by atoms with E-state index in [-0.39, 0.29) is 36.6 Å². The normalized spacial score (nSPS) is 22.0. The molecule has 1 aromatic rings. The Hall–Kier alpha value is -1.77. The number of imide groups is 1. The molecule has 130 valence electrons. The quantitative estimate of drug-likeness (QED) is 0.729. The standard InChI is InChI=1S/C16H20N2O5S/c1-12-11-17(8-9-23-12)24(21,22)10-4-7-18-15(19)13-5-2-3-6-14(13)16(18)20/h2-3,5-6,12H,4,7-11H2,1H3/t12-/m0/s1. The van der Waals surface area contributed by atoms with E-state index in [0.29, 0.717) is 30.8 Å². The largest absolute Gasteiger partial charge is 0.376 e. The minimum Gasteiger partial charge on any atom is -0.376 e. The fraction of sp³-hybridized carbons (Fsp3) is 0.500. The lowest BCUT2D eigenvalue weighted by atomic mass is 10.1. The number of fused-ring (bicyclic) bond motifs is 1. The van der Waals surface area contributed by atoms with Gasteiger partial charge in [-0.3, -0.25) is 14.5 Å². The van der Waals surface area contributed by atoms with Crippen molar-refractivity contribution in [2.45, 2.75) is 19.4 Å². The van der Waals surface area contributed by atoms with Crippen LogP contribution in [-0.4, -0.2) is 67.5 Å². The van der Waals surface area contributed by atoms with Crippen LogP contribution < -0.4 is 0 Å². The Kier molecular flexibility index (Phi) is 4.71. The van der Waals surface area contributed by atoms with E-state index in [9.17, 15) is 18.0 Å². The first-order valence-corrected chi connectivity index (χ1v) is 9.56. The number of rotatable bonds is 5. The second-order valence-corrected chi connectivity index (χ2v) is 8.10. The van der Waals surface area contributed by atoms with E-state index < -0.39 is 10.0 Å². The Morgan fingerprint density at radius 2 is 1.79 bits per heavy atom. The van der Waals surface area contributed by atoms with Crippen molar-refractivity contribution in [1.82, 2.24) is 9.21 Å². The molecular weight excluding hydrogens is 332 g/mol. The van der Waals surface area contributed by atoms with Gasteiger partial charge in [-0.25, -0.2) is 8.42 Å². The van der Waals surface area contributed by atoms with Crippen LogP contribution in [0.3, 0.4) is 0 Å². The highest BCUT2D eigenvalue weighted by Gasteiger charge is 2.35. The minimum atomic E-state index is -3.41. The average Bonchev–Trinajstić information content (AvgIpc) is 2.80. The van der Waals surface area contributed by atoms with Crippen LogP contribution in [0.1, 0.15) is 34.1 Å². The molecule has 0 saturated carbocycles. The molecule has 0 aliphatic carbocycles. The molecule has 0 radical (unpaired) electrons. The highest BCUT2D eigenvalue weighted by molar-refractivity contribution is 7.89. The molecule has 8 heteroatoms. The molecule has 1 fully saturated rings. The van der Waals surface area contributed by atoms with Crippen LogP contribution in [0.2, 0.25) is 0 Å². The lowest BCUT2D eigenvalue weighted by Gasteiger charge is -2.30. The van der Waals surface area contributed by atoms with Crippen molar-refractivity contribution < 1.29 is 22.7 Å². The van der Waals surface area contributed by atoms with E-state index in [0.717, 1.165) is 4.90 Å². The Bertz CT molecular complexity index is 726. The first kappa shape index (κ1) is 17.1. The number of nitrogens with zero attached hydrogens (tertiary/aromatic N) is 2. The third-order valence-corrected chi connectivity index (χ3v) is 6.18. The van der Waals surface area contributed by atoms with Crippen molar-refractivity contribution in [3.8, 4) is 0 Å². The molecule has 3 rings (SSSR count). The smallest absolute Gasteiger partial charge is 0.261 e. The van der Waals surface area contributed by atoms with Crippen LogP contribution in [0.4, 0.5) is 0 Å². The topological polar surface area (TPSA) is 84.0 Å². The summed E-state index contributed by atoms with van der Waals surface area (Å²) in [5, 5.41) is 0. The van der Waals surface area contributed by atoms with Gasteiger partial charge in [0.25, 0.3) is 11.8 Å². The maximum atomic E-state index is 12.4. The Labute approximate surface area is 141 Å². The molecule has 24 heavy (non-hydrogen) atoms. The second kappa shape index (κ2) is 6.62. The van der Waals surface area contributed by atoms with Gasteiger partial charge in [-0.1, -0.05) is 12.1 Å². The van der Waals surface area contributed by atoms with Gasteiger partial charge in [-0.2, -0.15) is 4.31 Å². The van der Waals surface area contributed by atoms with Gasteiger partial charge >= 0.3 is 0 Å². The maximum Gasteiger partial charge on any atom is 0.261 e. The number of carbonyl (C=O) groups is 2. The molecule has 0 spiro atoms. The van der Waals surface area contributed by atoms with Crippen LogP contribution >= 0.6 is 0 Å². The number of carbonyl (C=O) groups excluding carboxylic acids is 2. The average molecular weight is 352 g/mol. The highest BCUT2D eigenvalue weighted by atomic mass is 32.2. The molecule has 2 heterocycles. The Morgan fingerprint density at radius 3 is 2.38 bits per heavy atom. The van der Waals surface area contributed by atoms with Gasteiger partial charge < -0.3 is 4.74 Å². The van der Waals surface area contributed by atoms with E-state index in [2.05, 4.69) is 0 Å². The van der Waals surface area contributed by atoms with Gasteiger partial charge in [0.1, 0.15) is 0 Å². The van der Waals surface area contributed by atoms with Crippen LogP contribution in [0.25, 0.3) is 0 Å². The molecule has 1 atom stereocenters. The first-order valence-electron chi connectivity index (χ1n) is 7.95. The summed E-state index contributed by atoms with van der Waals surface area (Å²) in [5.74, 6) is -0.798. The third-order valence-electron chi connectivity index (χ3n) is 4.26. The van der Waals surface area contributed by atoms with E-state index in [4.69, 9.17) is 4.74 Å². The molecule has 0 unspecified atom stereocenters. The summed E-state index contributed by atoms with van der Waals surface area (Å²) in [4.78, 5) is 25.6. The van der Waals surface area contributed by atoms with Crippen molar-refractivity contribution in [2.75, 3.05) is 32.0 Å². The summed E-state index contributed by atoms with van der Waals surface area (Å²) in [6.07, 6.45) is 0.101. The molecule has 7 nitrogen and oxygen atoms in total. The molecule has 0 bridgehead atoms. The molecule has 0 N–H and O–H groups in total. The molecule has 2 aliphatic heterocycles. The second-order valence-electron chi connectivity index (χ2n) is 6.02. The van der Waals surface area contributed by atoms with Crippen molar-refractivity contribution in [3.05, 3.63) is 35.4 Å². The number of morpholine rings is 1. The maximum absolute atomic E-state index is 12.4. The van der Waals surface area contributed by atoms with Crippen molar-refractivity contribution in [2.24, 2.45) is 0 Å². The zero-order valence-corrected chi connectivity index (χ0v) is 14.3. The summed E-state index contributed by atoms with van der Waals surface area (Å²) in [5.41, 5.74) is 0.764. The molecule has 2 aliphatic rings. The minimum absolute atomic E-state index is 0.0902. The van der Waals surface area contributed by atoms with Gasteiger partial charge in [-0.15, -0.1) is 0 Å². The predicted molar refractivity (Wildman–Crippen MR) is 87.2 cm³/mol. The van der Waals surface area contributed by atoms with Crippen LogP contribution in [0, 0.1) is 0 Å². The molecular formula is C16H20N2O5S. The molecule has 0 aromatic heterocycles. The lowest BCUT2D eigenvalue weighted by molar-refractivity contribution is 0.0102. The van der Waals surface area contributed by atoms with E-state index in [1.54, 1.807) is 24.3 Å². The first-order chi connectivity index (χ1) is 11.4. The number of sulfonamides is 1. The summed E-state index contributed by atoms with van der Waals surface area (Å²) < 4.78 is 31.5. The fourth-order valence-electron chi connectivity index (χ4n) is 3.02. The van der Waals surface area contributed by atoms with Crippen LogP contribution in [-0.2, 0) is 14.8 Å².